The third kappa shape index (κ3) is 7.01. The number of benzene rings is 2. The summed E-state index contributed by atoms with van der Waals surface area (Å²) in [7, 11) is 4.29. The van der Waals surface area contributed by atoms with Crippen molar-refractivity contribution < 1.29 is 18.3 Å². The molecule has 2 saturated heterocycles. The molecule has 0 spiro atoms. The predicted molar refractivity (Wildman–Crippen MR) is 175 cm³/mol. The molecule has 1 N–H and O–H groups in total. The monoisotopic (exact) mass is 663 g/mol. The first-order valence-electron chi connectivity index (χ1n) is 15.5. The number of aromatic nitrogens is 3. The van der Waals surface area contributed by atoms with E-state index in [2.05, 4.69) is 44.1 Å². The third-order valence-electron chi connectivity index (χ3n) is 8.88. The summed E-state index contributed by atoms with van der Waals surface area (Å²) < 4.78 is 36.1. The fourth-order valence-electron chi connectivity index (χ4n) is 6.13. The Balaban J connectivity index is 1.09. The van der Waals surface area contributed by atoms with E-state index in [9.17, 15) is 13.6 Å². The number of fused-ring (bicyclic) bond motifs is 1. The third-order valence-corrected chi connectivity index (χ3v) is 9.19. The molecule has 1 unspecified atom stereocenters. The molecule has 246 valence electrons. The number of hydrogen-bond acceptors (Lipinski definition) is 9. The van der Waals surface area contributed by atoms with Crippen molar-refractivity contribution in [1.82, 2.24) is 34.0 Å². The van der Waals surface area contributed by atoms with Crippen LogP contribution in [0.4, 0.5) is 20.3 Å². The molecule has 6 rings (SSSR count). The Morgan fingerprint density at radius 1 is 1.09 bits per heavy atom. The van der Waals surface area contributed by atoms with Gasteiger partial charge in [-0.2, -0.15) is 9.65 Å². The van der Waals surface area contributed by atoms with Crippen molar-refractivity contribution in [2.75, 3.05) is 78.4 Å². The van der Waals surface area contributed by atoms with Crippen molar-refractivity contribution in [2.24, 2.45) is 0 Å². The summed E-state index contributed by atoms with van der Waals surface area (Å²) >= 11 is 6.62. The Hall–Kier alpha value is -4.35. The van der Waals surface area contributed by atoms with Crippen LogP contribution in [0.2, 0.25) is 5.02 Å². The molecule has 11 nitrogen and oxygen atoms in total. The van der Waals surface area contributed by atoms with Crippen LogP contribution in [0, 0.1) is 23.0 Å². The highest BCUT2D eigenvalue weighted by Crippen LogP contribution is 2.32. The summed E-state index contributed by atoms with van der Waals surface area (Å²) in [6, 6.07) is 10.1. The van der Waals surface area contributed by atoms with Gasteiger partial charge in [-0.1, -0.05) is 11.6 Å². The molecule has 2 aliphatic heterocycles. The maximum absolute atomic E-state index is 15.0. The van der Waals surface area contributed by atoms with Gasteiger partial charge in [0.15, 0.2) is 29.6 Å². The molecule has 0 radical (unpaired) electrons. The van der Waals surface area contributed by atoms with Crippen LogP contribution in [0.15, 0.2) is 48.9 Å². The van der Waals surface area contributed by atoms with Crippen molar-refractivity contribution in [2.45, 2.75) is 12.5 Å². The van der Waals surface area contributed by atoms with E-state index < -0.39 is 18.2 Å². The van der Waals surface area contributed by atoms with Crippen LogP contribution in [0.5, 0.6) is 5.75 Å². The lowest BCUT2D eigenvalue weighted by atomic mass is 10.1. The normalized spacial score (nSPS) is 17.4. The maximum atomic E-state index is 15.0. The largest absolute Gasteiger partial charge is 0.476 e. The number of ether oxygens (including phenoxy) is 1. The zero-order valence-corrected chi connectivity index (χ0v) is 27.1. The van der Waals surface area contributed by atoms with Gasteiger partial charge in [0.05, 0.1) is 22.5 Å². The average molecular weight is 664 g/mol. The summed E-state index contributed by atoms with van der Waals surface area (Å²) in [6.45, 7) is 6.82. The molecule has 1 atom stereocenters. The number of carbonyl (C=O) groups is 1. The first-order valence-corrected chi connectivity index (χ1v) is 15.9. The number of hydrogen-bond donors (Lipinski definition) is 1. The molecule has 2 fully saturated rings. The van der Waals surface area contributed by atoms with Crippen LogP contribution in [-0.4, -0.2) is 119 Å². The Labute approximate surface area is 276 Å². The first kappa shape index (κ1) is 32.6. The predicted octanol–water partition coefficient (Wildman–Crippen LogP) is 4.37. The number of piperazine rings is 1. The van der Waals surface area contributed by atoms with Crippen molar-refractivity contribution in [3.8, 4) is 23.1 Å². The van der Waals surface area contributed by atoms with E-state index in [1.165, 1.54) is 30.9 Å². The van der Waals surface area contributed by atoms with Gasteiger partial charge in [0.2, 0.25) is 5.82 Å². The van der Waals surface area contributed by atoms with E-state index in [1.807, 2.05) is 4.90 Å². The van der Waals surface area contributed by atoms with E-state index in [1.54, 1.807) is 34.9 Å². The Bertz CT molecular complexity index is 1800. The van der Waals surface area contributed by atoms with Crippen LogP contribution in [0.3, 0.4) is 0 Å². The molecule has 14 heteroatoms. The maximum Gasteiger partial charge on any atom is 0.255 e. The smallest absolute Gasteiger partial charge is 0.255 e. The topological polar surface area (TPSA) is 105 Å². The lowest BCUT2D eigenvalue weighted by molar-refractivity contribution is 0.0626. The number of anilines is 2. The highest BCUT2D eigenvalue weighted by Gasteiger charge is 2.27. The van der Waals surface area contributed by atoms with Gasteiger partial charge in [-0.25, -0.2) is 14.4 Å². The number of rotatable bonds is 10. The van der Waals surface area contributed by atoms with Crippen molar-refractivity contribution >= 4 is 34.7 Å². The number of carbonyl (C=O) groups excluding carboxylic acids is 1. The molecule has 2 aromatic carbocycles. The highest BCUT2D eigenvalue weighted by atomic mass is 35.5. The molecular formula is C33H36ClF2N9O2. The Morgan fingerprint density at radius 2 is 1.87 bits per heavy atom. The molecule has 0 bridgehead atoms. The first-order chi connectivity index (χ1) is 22.7. The zero-order chi connectivity index (χ0) is 33.1. The van der Waals surface area contributed by atoms with E-state index in [0.29, 0.717) is 52.6 Å². The number of nitrogens with one attached hydrogen (secondary N) is 1. The summed E-state index contributed by atoms with van der Waals surface area (Å²) in [5.41, 5.74) is 1.63. The Kier molecular flexibility index (Phi) is 9.84. The zero-order valence-electron chi connectivity index (χ0n) is 26.3. The summed E-state index contributed by atoms with van der Waals surface area (Å²) in [4.78, 5) is 31.2. The minimum atomic E-state index is -1.19. The number of likely N-dealkylation sites (N-methyl/N-ethyl adjacent to an activating group) is 1. The number of halogens is 3. The Morgan fingerprint density at radius 3 is 2.60 bits per heavy atom. The SMILES string of the molecule is CN(C)C1CCN(CCN2CCN(C(=O)c3ccc(Nc4nccn5c(-c6ccc(OCC#N)c(F)c6F)cnc45)cc3Cl)CC2)C1. The van der Waals surface area contributed by atoms with Gasteiger partial charge in [-0.3, -0.25) is 14.1 Å². The van der Waals surface area contributed by atoms with Crippen LogP contribution < -0.4 is 10.1 Å². The lowest BCUT2D eigenvalue weighted by Crippen LogP contribution is -2.50. The van der Waals surface area contributed by atoms with Gasteiger partial charge in [-0.05, 0) is 57.4 Å². The lowest BCUT2D eigenvalue weighted by Gasteiger charge is -2.35. The molecule has 4 aromatic rings. The number of likely N-dealkylation sites (tertiary alicyclic amines) is 1. The highest BCUT2D eigenvalue weighted by molar-refractivity contribution is 6.34. The van der Waals surface area contributed by atoms with Gasteiger partial charge in [0, 0.05) is 75.5 Å². The van der Waals surface area contributed by atoms with Gasteiger partial charge in [0.25, 0.3) is 5.91 Å². The number of amides is 1. The van der Waals surface area contributed by atoms with E-state index >= 15 is 0 Å². The summed E-state index contributed by atoms with van der Waals surface area (Å²) in [5.74, 6) is -2.42. The molecule has 47 heavy (non-hydrogen) atoms. The van der Waals surface area contributed by atoms with Crippen molar-refractivity contribution in [3.05, 3.63) is 71.1 Å². The molecule has 0 aliphatic carbocycles. The van der Waals surface area contributed by atoms with E-state index in [-0.39, 0.29) is 17.2 Å². The molecule has 0 saturated carbocycles. The minimum Gasteiger partial charge on any atom is -0.476 e. The standard InChI is InChI=1S/C33H36ClF2N9O2/c1-41(2)23-7-10-43(21-23)13-12-42-14-16-44(17-15-42)33(46)24-4-3-22(19-26(24)34)40-31-32-39-20-27(45(32)11-9-38-31)25-5-6-28(47-18-8-37)30(36)29(25)35/h3-6,9,11,19-20,23H,7,10,12-18,21H2,1-2H3,(H,38,40). The minimum absolute atomic E-state index is 0.0343. The van der Waals surface area contributed by atoms with Crippen LogP contribution in [0.1, 0.15) is 16.8 Å². The van der Waals surface area contributed by atoms with Gasteiger partial charge < -0.3 is 24.8 Å². The van der Waals surface area contributed by atoms with Crippen LogP contribution in [0.25, 0.3) is 16.9 Å². The summed E-state index contributed by atoms with van der Waals surface area (Å²) in [5, 5.41) is 12.2. The van der Waals surface area contributed by atoms with Gasteiger partial charge in [-0.15, -0.1) is 0 Å². The quantitative estimate of drug-likeness (QED) is 0.265. The fourth-order valence-corrected chi connectivity index (χ4v) is 6.39. The molecule has 1 amide bonds. The second-order valence-corrected chi connectivity index (χ2v) is 12.4. The summed E-state index contributed by atoms with van der Waals surface area (Å²) in [6.07, 6.45) is 5.71. The van der Waals surface area contributed by atoms with Gasteiger partial charge >= 0.3 is 0 Å². The second-order valence-electron chi connectivity index (χ2n) is 12.0. The van der Waals surface area contributed by atoms with Crippen molar-refractivity contribution in [3.63, 3.8) is 0 Å². The average Bonchev–Trinajstić information content (AvgIpc) is 3.73. The second kappa shape index (κ2) is 14.2. The molecule has 2 aliphatic rings. The molecule has 4 heterocycles. The number of imidazole rings is 1. The van der Waals surface area contributed by atoms with Gasteiger partial charge in [0.1, 0.15) is 6.07 Å². The van der Waals surface area contributed by atoms with Crippen LogP contribution >= 0.6 is 11.6 Å². The fraction of sp³-hybridized carbons (Fsp3) is 0.394. The number of nitriles is 1. The van der Waals surface area contributed by atoms with Crippen LogP contribution in [-0.2, 0) is 0 Å². The number of nitrogens with zero attached hydrogens (tertiary/aromatic N) is 8. The molecular weight excluding hydrogens is 628 g/mol. The molecule has 2 aromatic heterocycles. The van der Waals surface area contributed by atoms with E-state index in [0.717, 1.165) is 39.3 Å². The van der Waals surface area contributed by atoms with Crippen molar-refractivity contribution in [1.29, 1.82) is 5.26 Å². The van der Waals surface area contributed by atoms with E-state index in [4.69, 9.17) is 21.6 Å².